The second-order valence-corrected chi connectivity index (χ2v) is 4.76. The Morgan fingerprint density at radius 1 is 1.45 bits per heavy atom. The molecule has 1 aromatic carbocycles. The molecule has 1 fully saturated rings. The van der Waals surface area contributed by atoms with Crippen molar-refractivity contribution in [2.75, 3.05) is 25.0 Å². The van der Waals surface area contributed by atoms with Crippen LogP contribution in [0.1, 0.15) is 23.2 Å². The van der Waals surface area contributed by atoms with Gasteiger partial charge in [0.15, 0.2) is 0 Å². The first kappa shape index (κ1) is 14.3. The number of aliphatic hydroxyl groups is 1. The minimum atomic E-state index is -0.561. The maximum atomic E-state index is 11.8. The fourth-order valence-electron chi connectivity index (χ4n) is 2.32. The first-order valence-electron chi connectivity index (χ1n) is 6.46. The molecular weight excluding hydrogens is 262 g/mol. The van der Waals surface area contributed by atoms with Crippen LogP contribution in [0.5, 0.6) is 0 Å². The third-order valence-electron chi connectivity index (χ3n) is 3.48. The Morgan fingerprint density at radius 3 is 2.65 bits per heavy atom. The van der Waals surface area contributed by atoms with Crippen LogP contribution >= 0.6 is 0 Å². The van der Waals surface area contributed by atoms with E-state index in [2.05, 4.69) is 5.32 Å². The number of carbonyl (C=O) groups excluding carboxylic acids is 1. The molecule has 0 bridgehead atoms. The Bertz CT molecular complexity index is 524. The summed E-state index contributed by atoms with van der Waals surface area (Å²) in [7, 11) is 1.44. The molecule has 1 heterocycles. The van der Waals surface area contributed by atoms with E-state index in [0.29, 0.717) is 25.9 Å². The van der Waals surface area contributed by atoms with Gasteiger partial charge in [0.05, 0.1) is 11.0 Å². The summed E-state index contributed by atoms with van der Waals surface area (Å²) in [6.07, 6.45) is 1.03. The van der Waals surface area contributed by atoms with E-state index in [-0.39, 0.29) is 17.4 Å². The van der Waals surface area contributed by atoms with Gasteiger partial charge in [-0.05, 0) is 25.0 Å². The number of anilines is 1. The molecule has 0 aromatic heterocycles. The van der Waals surface area contributed by atoms with E-state index < -0.39 is 10.8 Å². The number of hydrogen-bond donors (Lipinski definition) is 2. The molecule has 0 spiro atoms. The number of hydrogen-bond acceptors (Lipinski definition) is 5. The maximum absolute atomic E-state index is 11.8. The molecule has 7 nitrogen and oxygen atoms in total. The molecule has 1 aliphatic rings. The van der Waals surface area contributed by atoms with Crippen LogP contribution < -0.4 is 10.2 Å². The van der Waals surface area contributed by atoms with Gasteiger partial charge in [-0.1, -0.05) is 0 Å². The topological polar surface area (TPSA) is 95.7 Å². The smallest absolute Gasteiger partial charge is 0.282 e. The van der Waals surface area contributed by atoms with E-state index in [9.17, 15) is 20.0 Å². The Hall–Kier alpha value is -2.15. The average Bonchev–Trinajstić information content (AvgIpc) is 2.46. The van der Waals surface area contributed by atoms with Crippen molar-refractivity contribution < 1.29 is 14.8 Å². The second-order valence-electron chi connectivity index (χ2n) is 4.76. The van der Waals surface area contributed by atoms with Gasteiger partial charge in [-0.2, -0.15) is 0 Å². The van der Waals surface area contributed by atoms with Crippen LogP contribution in [0, 0.1) is 10.1 Å². The van der Waals surface area contributed by atoms with Crippen LogP contribution in [0.4, 0.5) is 11.4 Å². The zero-order valence-corrected chi connectivity index (χ0v) is 11.2. The molecule has 0 unspecified atom stereocenters. The van der Waals surface area contributed by atoms with E-state index in [1.807, 2.05) is 4.90 Å². The second kappa shape index (κ2) is 5.87. The standard InChI is InChI=1S/C13H17N3O4/c1-14-13(18)11-8-9(2-3-12(11)16(19)20)15-6-4-10(17)5-7-15/h2-3,8,10,17H,4-7H2,1H3,(H,14,18). The molecule has 108 valence electrons. The number of rotatable bonds is 3. The summed E-state index contributed by atoms with van der Waals surface area (Å²) >= 11 is 0. The highest BCUT2D eigenvalue weighted by Crippen LogP contribution is 2.27. The van der Waals surface area contributed by atoms with Gasteiger partial charge in [0.25, 0.3) is 11.6 Å². The third kappa shape index (κ3) is 2.88. The Labute approximate surface area is 116 Å². The lowest BCUT2D eigenvalue weighted by atomic mass is 10.1. The van der Waals surface area contributed by atoms with Crippen LogP contribution in [0.25, 0.3) is 0 Å². The highest BCUT2D eigenvalue weighted by atomic mass is 16.6. The first-order chi connectivity index (χ1) is 9.52. The van der Waals surface area contributed by atoms with Crippen LogP contribution in [0.15, 0.2) is 18.2 Å². The fourth-order valence-corrected chi connectivity index (χ4v) is 2.32. The molecule has 1 aliphatic heterocycles. The van der Waals surface area contributed by atoms with Gasteiger partial charge in [0.2, 0.25) is 0 Å². The number of aliphatic hydroxyl groups excluding tert-OH is 1. The minimum Gasteiger partial charge on any atom is -0.393 e. The van der Waals surface area contributed by atoms with Gasteiger partial charge >= 0.3 is 0 Å². The van der Waals surface area contributed by atoms with Gasteiger partial charge in [0.1, 0.15) is 5.56 Å². The van der Waals surface area contributed by atoms with Gasteiger partial charge in [-0.25, -0.2) is 0 Å². The van der Waals surface area contributed by atoms with Crippen molar-refractivity contribution in [3.8, 4) is 0 Å². The van der Waals surface area contributed by atoms with Crippen molar-refractivity contribution in [3.05, 3.63) is 33.9 Å². The summed E-state index contributed by atoms with van der Waals surface area (Å²) in [6.45, 7) is 1.35. The number of amides is 1. The number of carbonyl (C=O) groups is 1. The zero-order chi connectivity index (χ0) is 14.7. The van der Waals surface area contributed by atoms with Gasteiger partial charge < -0.3 is 15.3 Å². The zero-order valence-electron chi connectivity index (χ0n) is 11.2. The monoisotopic (exact) mass is 279 g/mol. The summed E-state index contributed by atoms with van der Waals surface area (Å²) in [6, 6.07) is 4.53. The van der Waals surface area contributed by atoms with Gasteiger partial charge in [0, 0.05) is 31.9 Å². The molecule has 0 saturated carbocycles. The SMILES string of the molecule is CNC(=O)c1cc(N2CCC(O)CC2)ccc1[N+](=O)[O-]. The van der Waals surface area contributed by atoms with Crippen molar-refractivity contribution >= 4 is 17.3 Å². The number of nitro groups is 1. The van der Waals surface area contributed by atoms with Crippen molar-refractivity contribution in [2.45, 2.75) is 18.9 Å². The average molecular weight is 279 g/mol. The molecule has 1 amide bonds. The Kier molecular flexibility index (Phi) is 4.19. The molecule has 2 N–H and O–H groups in total. The van der Waals surface area contributed by atoms with Crippen LogP contribution in [0.2, 0.25) is 0 Å². The molecular formula is C13H17N3O4. The quantitative estimate of drug-likeness (QED) is 0.633. The predicted octanol–water partition coefficient (Wildman–Crippen LogP) is 0.915. The van der Waals surface area contributed by atoms with E-state index >= 15 is 0 Å². The lowest BCUT2D eigenvalue weighted by Gasteiger charge is -2.31. The summed E-state index contributed by atoms with van der Waals surface area (Å²) in [5, 5.41) is 22.9. The molecule has 20 heavy (non-hydrogen) atoms. The molecule has 0 atom stereocenters. The minimum absolute atomic E-state index is 0.0566. The molecule has 1 saturated heterocycles. The van der Waals surface area contributed by atoms with Crippen molar-refractivity contribution in [1.82, 2.24) is 5.32 Å². The largest absolute Gasteiger partial charge is 0.393 e. The van der Waals surface area contributed by atoms with E-state index in [1.54, 1.807) is 6.07 Å². The Balaban J connectivity index is 2.32. The highest BCUT2D eigenvalue weighted by molar-refractivity contribution is 5.99. The number of benzene rings is 1. The normalized spacial score (nSPS) is 16.0. The third-order valence-corrected chi connectivity index (χ3v) is 3.48. The summed E-state index contributed by atoms with van der Waals surface area (Å²) in [4.78, 5) is 24.2. The lowest BCUT2D eigenvalue weighted by Crippen LogP contribution is -2.36. The Morgan fingerprint density at radius 2 is 2.10 bits per heavy atom. The molecule has 0 radical (unpaired) electrons. The van der Waals surface area contributed by atoms with Gasteiger partial charge in [-0.3, -0.25) is 14.9 Å². The maximum Gasteiger partial charge on any atom is 0.282 e. The molecule has 2 rings (SSSR count). The number of nitro benzene ring substituents is 1. The lowest BCUT2D eigenvalue weighted by molar-refractivity contribution is -0.385. The summed E-state index contributed by atoms with van der Waals surface area (Å²) in [5.74, 6) is -0.476. The van der Waals surface area contributed by atoms with Gasteiger partial charge in [-0.15, -0.1) is 0 Å². The molecule has 1 aromatic rings. The van der Waals surface area contributed by atoms with Crippen molar-refractivity contribution in [3.63, 3.8) is 0 Å². The van der Waals surface area contributed by atoms with Crippen LogP contribution in [-0.4, -0.2) is 42.2 Å². The van der Waals surface area contributed by atoms with Crippen molar-refractivity contribution in [1.29, 1.82) is 0 Å². The first-order valence-corrected chi connectivity index (χ1v) is 6.46. The van der Waals surface area contributed by atoms with Crippen molar-refractivity contribution in [2.24, 2.45) is 0 Å². The van der Waals surface area contributed by atoms with E-state index in [1.165, 1.54) is 19.2 Å². The van der Waals surface area contributed by atoms with E-state index in [0.717, 1.165) is 5.69 Å². The molecule has 7 heteroatoms. The number of nitrogens with one attached hydrogen (secondary N) is 1. The number of nitrogens with zero attached hydrogens (tertiary/aromatic N) is 2. The molecule has 0 aliphatic carbocycles. The summed E-state index contributed by atoms with van der Waals surface area (Å²) < 4.78 is 0. The summed E-state index contributed by atoms with van der Waals surface area (Å²) in [5.41, 5.74) is 0.618. The van der Waals surface area contributed by atoms with Crippen LogP contribution in [-0.2, 0) is 0 Å². The fraction of sp³-hybridized carbons (Fsp3) is 0.462. The predicted molar refractivity (Wildman–Crippen MR) is 73.9 cm³/mol. The van der Waals surface area contributed by atoms with E-state index in [4.69, 9.17) is 0 Å². The highest BCUT2D eigenvalue weighted by Gasteiger charge is 2.23. The number of piperidine rings is 1. The van der Waals surface area contributed by atoms with Crippen LogP contribution in [0.3, 0.4) is 0 Å².